The zero-order valence-electron chi connectivity index (χ0n) is 12.2. The first kappa shape index (κ1) is 16.9. The van der Waals surface area contributed by atoms with E-state index in [0.29, 0.717) is 12.6 Å². The van der Waals surface area contributed by atoms with Crippen LogP contribution in [0, 0.1) is 0 Å². The molecule has 0 saturated carbocycles. The van der Waals surface area contributed by atoms with Crippen LogP contribution < -0.4 is 5.73 Å². The smallest absolute Gasteiger partial charge is 0.0741 e. The first-order valence-electron chi connectivity index (χ1n) is 7.09. The van der Waals surface area contributed by atoms with Crippen LogP contribution in [0.25, 0.3) is 0 Å². The molecule has 0 aromatic carbocycles. The molecule has 0 saturated heterocycles. The molecule has 0 aliphatic rings. The number of rotatable bonds is 10. The van der Waals surface area contributed by atoms with Gasteiger partial charge in [-0.1, -0.05) is 19.8 Å². The van der Waals surface area contributed by atoms with Crippen LogP contribution in [-0.2, 0) is 0 Å². The molecular weight excluding hydrogens is 212 g/mol. The van der Waals surface area contributed by atoms with Crippen LogP contribution in [0.5, 0.6) is 0 Å². The van der Waals surface area contributed by atoms with Gasteiger partial charge in [-0.25, -0.2) is 0 Å². The molecule has 0 rings (SSSR count). The average Bonchev–Trinajstić information content (AvgIpc) is 2.27. The molecule has 0 aromatic rings. The highest BCUT2D eigenvalue weighted by atomic mass is 16.3. The Labute approximate surface area is 107 Å². The zero-order valence-corrected chi connectivity index (χ0v) is 12.2. The van der Waals surface area contributed by atoms with Crippen molar-refractivity contribution >= 4 is 0 Å². The number of hydrogen-bond donors (Lipinski definition) is 2. The lowest BCUT2D eigenvalue weighted by Gasteiger charge is -2.28. The van der Waals surface area contributed by atoms with E-state index in [9.17, 15) is 5.11 Å². The van der Waals surface area contributed by atoms with Crippen molar-refractivity contribution in [3.05, 3.63) is 0 Å². The summed E-state index contributed by atoms with van der Waals surface area (Å²) in [4.78, 5) is 2.50. The second-order valence-electron chi connectivity index (χ2n) is 5.64. The number of nitrogens with zero attached hydrogens (tertiary/aromatic N) is 1. The summed E-state index contributed by atoms with van der Waals surface area (Å²) in [5.74, 6) is 0. The molecule has 0 amide bonds. The van der Waals surface area contributed by atoms with E-state index in [1.165, 1.54) is 25.8 Å². The minimum absolute atomic E-state index is 0.352. The third-order valence-corrected chi connectivity index (χ3v) is 3.38. The van der Waals surface area contributed by atoms with Gasteiger partial charge in [0.25, 0.3) is 0 Å². The van der Waals surface area contributed by atoms with Crippen molar-refractivity contribution < 1.29 is 5.11 Å². The van der Waals surface area contributed by atoms with Crippen molar-refractivity contribution in [2.45, 2.75) is 71.4 Å². The van der Waals surface area contributed by atoms with Gasteiger partial charge in [-0.05, 0) is 53.1 Å². The third kappa shape index (κ3) is 8.58. The lowest BCUT2D eigenvalue weighted by Crippen LogP contribution is -2.37. The molecule has 0 bridgehead atoms. The lowest BCUT2D eigenvalue weighted by molar-refractivity contribution is 0.0529. The predicted molar refractivity (Wildman–Crippen MR) is 75.1 cm³/mol. The van der Waals surface area contributed by atoms with Gasteiger partial charge < -0.3 is 15.7 Å². The zero-order chi connectivity index (χ0) is 13.3. The molecule has 3 heteroatoms. The lowest BCUT2D eigenvalue weighted by atomic mass is 10.0. The number of nitrogens with two attached hydrogens (primary N) is 1. The van der Waals surface area contributed by atoms with Crippen molar-refractivity contribution in [2.75, 3.05) is 19.6 Å². The van der Waals surface area contributed by atoms with Gasteiger partial charge in [-0.15, -0.1) is 0 Å². The summed E-state index contributed by atoms with van der Waals surface area (Å²) in [5, 5.41) is 9.85. The SMILES string of the molecule is CCCCCN(CCCC(C)(O)CN)C(C)C. The van der Waals surface area contributed by atoms with E-state index in [2.05, 4.69) is 25.7 Å². The Kier molecular flexibility index (Phi) is 8.83. The Morgan fingerprint density at radius 3 is 2.24 bits per heavy atom. The van der Waals surface area contributed by atoms with Crippen molar-refractivity contribution in [2.24, 2.45) is 5.73 Å². The Bertz CT molecular complexity index is 181. The Hall–Kier alpha value is -0.120. The summed E-state index contributed by atoms with van der Waals surface area (Å²) >= 11 is 0. The second kappa shape index (κ2) is 8.90. The van der Waals surface area contributed by atoms with Crippen LogP contribution >= 0.6 is 0 Å². The van der Waals surface area contributed by atoms with Gasteiger partial charge in [-0.3, -0.25) is 0 Å². The van der Waals surface area contributed by atoms with Crippen molar-refractivity contribution in [3.8, 4) is 0 Å². The molecule has 17 heavy (non-hydrogen) atoms. The molecule has 0 aromatic heterocycles. The minimum Gasteiger partial charge on any atom is -0.389 e. The third-order valence-electron chi connectivity index (χ3n) is 3.38. The summed E-state index contributed by atoms with van der Waals surface area (Å²) in [5.41, 5.74) is 4.83. The summed E-state index contributed by atoms with van der Waals surface area (Å²) < 4.78 is 0. The first-order valence-corrected chi connectivity index (χ1v) is 7.09. The Morgan fingerprint density at radius 2 is 1.76 bits per heavy atom. The van der Waals surface area contributed by atoms with Gasteiger partial charge >= 0.3 is 0 Å². The van der Waals surface area contributed by atoms with E-state index in [1.54, 1.807) is 0 Å². The fourth-order valence-corrected chi connectivity index (χ4v) is 1.96. The highest BCUT2D eigenvalue weighted by Crippen LogP contribution is 2.12. The summed E-state index contributed by atoms with van der Waals surface area (Å²) in [6, 6.07) is 0.592. The number of hydrogen-bond acceptors (Lipinski definition) is 3. The standard InChI is InChI=1S/C14H32N2O/c1-5-6-7-10-16(13(2)3)11-8-9-14(4,17)12-15/h13,17H,5-12,15H2,1-4H3. The Morgan fingerprint density at radius 1 is 1.18 bits per heavy atom. The molecule has 0 aliphatic heterocycles. The van der Waals surface area contributed by atoms with Crippen molar-refractivity contribution in [1.29, 1.82) is 0 Å². The van der Waals surface area contributed by atoms with Gasteiger partial charge in [0, 0.05) is 12.6 Å². The maximum Gasteiger partial charge on any atom is 0.0741 e. The van der Waals surface area contributed by atoms with Crippen LogP contribution in [0.4, 0.5) is 0 Å². The van der Waals surface area contributed by atoms with Crippen LogP contribution in [0.3, 0.4) is 0 Å². The maximum absolute atomic E-state index is 9.85. The van der Waals surface area contributed by atoms with E-state index < -0.39 is 5.60 Å². The van der Waals surface area contributed by atoms with Crippen molar-refractivity contribution in [1.82, 2.24) is 4.90 Å². The normalized spacial score (nSPS) is 15.5. The molecule has 0 aliphatic carbocycles. The van der Waals surface area contributed by atoms with E-state index in [1.807, 2.05) is 6.92 Å². The van der Waals surface area contributed by atoms with Crippen LogP contribution in [-0.4, -0.2) is 41.3 Å². The second-order valence-corrected chi connectivity index (χ2v) is 5.64. The van der Waals surface area contributed by atoms with E-state index in [-0.39, 0.29) is 0 Å². The maximum atomic E-state index is 9.85. The molecule has 3 N–H and O–H groups in total. The van der Waals surface area contributed by atoms with Crippen LogP contribution in [0.15, 0.2) is 0 Å². The highest BCUT2D eigenvalue weighted by molar-refractivity contribution is 4.74. The quantitative estimate of drug-likeness (QED) is 0.580. The predicted octanol–water partition coefficient (Wildman–Crippen LogP) is 2.38. The first-order chi connectivity index (χ1) is 7.93. The molecule has 0 radical (unpaired) electrons. The molecule has 0 heterocycles. The highest BCUT2D eigenvalue weighted by Gasteiger charge is 2.18. The Balaban J connectivity index is 3.85. The molecule has 0 fully saturated rings. The molecule has 1 unspecified atom stereocenters. The fourth-order valence-electron chi connectivity index (χ4n) is 1.96. The summed E-state index contributed by atoms with van der Waals surface area (Å²) in [6.45, 7) is 11.1. The number of unbranched alkanes of at least 4 members (excludes halogenated alkanes) is 2. The van der Waals surface area contributed by atoms with E-state index in [4.69, 9.17) is 5.73 Å². The van der Waals surface area contributed by atoms with Gasteiger partial charge in [0.1, 0.15) is 0 Å². The van der Waals surface area contributed by atoms with E-state index in [0.717, 1.165) is 19.4 Å². The van der Waals surface area contributed by atoms with Gasteiger partial charge in [0.2, 0.25) is 0 Å². The average molecular weight is 244 g/mol. The molecule has 0 spiro atoms. The largest absolute Gasteiger partial charge is 0.389 e. The minimum atomic E-state index is -0.688. The summed E-state index contributed by atoms with van der Waals surface area (Å²) in [6.07, 6.45) is 5.68. The van der Waals surface area contributed by atoms with Crippen molar-refractivity contribution in [3.63, 3.8) is 0 Å². The van der Waals surface area contributed by atoms with Gasteiger partial charge in [0.15, 0.2) is 0 Å². The van der Waals surface area contributed by atoms with Gasteiger partial charge in [-0.2, -0.15) is 0 Å². The topological polar surface area (TPSA) is 49.5 Å². The summed E-state index contributed by atoms with van der Waals surface area (Å²) in [7, 11) is 0. The van der Waals surface area contributed by atoms with Gasteiger partial charge in [0.05, 0.1) is 5.60 Å². The fraction of sp³-hybridized carbons (Fsp3) is 1.00. The van der Waals surface area contributed by atoms with Crippen LogP contribution in [0.2, 0.25) is 0 Å². The van der Waals surface area contributed by atoms with Crippen LogP contribution in [0.1, 0.15) is 59.8 Å². The number of aliphatic hydroxyl groups is 1. The monoisotopic (exact) mass is 244 g/mol. The molecule has 1 atom stereocenters. The van der Waals surface area contributed by atoms with E-state index >= 15 is 0 Å². The molecular formula is C14H32N2O. The molecule has 104 valence electrons. The molecule has 3 nitrogen and oxygen atoms in total.